The third-order valence-corrected chi connectivity index (χ3v) is 1.89. The molecule has 0 fully saturated rings. The molecule has 0 saturated carbocycles. The van der Waals surface area contributed by atoms with Crippen molar-refractivity contribution in [2.24, 2.45) is 0 Å². The van der Waals surface area contributed by atoms with Crippen LogP contribution in [0.5, 0.6) is 0 Å². The van der Waals surface area contributed by atoms with Gasteiger partial charge in [0.15, 0.2) is 11.4 Å². The Labute approximate surface area is 88.1 Å². The van der Waals surface area contributed by atoms with E-state index in [1.165, 1.54) is 18.5 Å². The van der Waals surface area contributed by atoms with Gasteiger partial charge in [0, 0.05) is 6.20 Å². The number of aromatic carboxylic acids is 2. The molecule has 0 bridgehead atoms. The van der Waals surface area contributed by atoms with Crippen molar-refractivity contribution < 1.29 is 19.8 Å². The van der Waals surface area contributed by atoms with Crippen LogP contribution in [0.3, 0.4) is 0 Å². The first-order valence-electron chi connectivity index (χ1n) is 4.15. The number of carboxylic acid groups (broad SMARTS) is 2. The maximum Gasteiger partial charge on any atom is 0.356 e. The molecule has 2 aromatic rings. The predicted molar refractivity (Wildman–Crippen MR) is 49.6 cm³/mol. The highest BCUT2D eigenvalue weighted by atomic mass is 16.4. The van der Waals surface area contributed by atoms with Crippen LogP contribution in [-0.2, 0) is 0 Å². The third kappa shape index (κ3) is 1.52. The van der Waals surface area contributed by atoms with Crippen LogP contribution in [-0.4, -0.2) is 42.1 Å². The standard InChI is InChI=1S/C8H6N4O4/c13-7(14)4-1-2-12(11-4)5-3-9-10-6(5)8(15)16/h1-3H,(H,9,10)(H,13,14)(H,15,16). The van der Waals surface area contributed by atoms with Crippen LogP contribution in [0.4, 0.5) is 0 Å². The summed E-state index contributed by atoms with van der Waals surface area (Å²) in [6.45, 7) is 0. The lowest BCUT2D eigenvalue weighted by Crippen LogP contribution is -2.06. The van der Waals surface area contributed by atoms with E-state index >= 15 is 0 Å². The highest BCUT2D eigenvalue weighted by molar-refractivity contribution is 5.89. The smallest absolute Gasteiger partial charge is 0.356 e. The highest BCUT2D eigenvalue weighted by Gasteiger charge is 2.16. The summed E-state index contributed by atoms with van der Waals surface area (Å²) in [5.41, 5.74) is -0.141. The first-order valence-corrected chi connectivity index (χ1v) is 4.15. The van der Waals surface area contributed by atoms with E-state index in [2.05, 4.69) is 15.3 Å². The summed E-state index contributed by atoms with van der Waals surface area (Å²) in [6.07, 6.45) is 2.60. The van der Waals surface area contributed by atoms with Crippen LogP contribution in [0.1, 0.15) is 21.0 Å². The van der Waals surface area contributed by atoms with Crippen molar-refractivity contribution >= 4 is 11.9 Å². The molecule has 0 aliphatic heterocycles. The summed E-state index contributed by atoms with van der Waals surface area (Å²) in [4.78, 5) is 21.4. The fourth-order valence-corrected chi connectivity index (χ4v) is 1.18. The molecule has 8 nitrogen and oxygen atoms in total. The Balaban J connectivity index is 2.46. The summed E-state index contributed by atoms with van der Waals surface area (Å²) in [5.74, 6) is -2.38. The number of carboxylic acids is 2. The van der Waals surface area contributed by atoms with Gasteiger partial charge in [0.05, 0.1) is 6.20 Å². The molecule has 0 aliphatic rings. The van der Waals surface area contributed by atoms with Gasteiger partial charge in [-0.25, -0.2) is 14.3 Å². The number of nitrogens with one attached hydrogen (secondary N) is 1. The van der Waals surface area contributed by atoms with E-state index in [1.807, 2.05) is 0 Å². The minimum absolute atomic E-state index is 0.153. The van der Waals surface area contributed by atoms with Crippen LogP contribution in [0, 0.1) is 0 Å². The molecule has 16 heavy (non-hydrogen) atoms. The monoisotopic (exact) mass is 222 g/mol. The Morgan fingerprint density at radius 2 is 2.06 bits per heavy atom. The van der Waals surface area contributed by atoms with Gasteiger partial charge in [-0.3, -0.25) is 5.10 Å². The average Bonchev–Trinajstić information content (AvgIpc) is 2.86. The lowest BCUT2D eigenvalue weighted by molar-refractivity contribution is 0.0681. The Bertz CT molecular complexity index is 556. The van der Waals surface area contributed by atoms with E-state index in [-0.39, 0.29) is 17.1 Å². The van der Waals surface area contributed by atoms with Gasteiger partial charge in [0.25, 0.3) is 0 Å². The summed E-state index contributed by atoms with van der Waals surface area (Å²) >= 11 is 0. The van der Waals surface area contributed by atoms with Crippen LogP contribution in [0.25, 0.3) is 5.69 Å². The molecule has 2 aromatic heterocycles. The van der Waals surface area contributed by atoms with Gasteiger partial charge >= 0.3 is 11.9 Å². The molecule has 0 aromatic carbocycles. The molecule has 2 rings (SSSR count). The summed E-state index contributed by atoms with van der Waals surface area (Å²) < 4.78 is 1.14. The van der Waals surface area contributed by atoms with Gasteiger partial charge in [-0.1, -0.05) is 0 Å². The fraction of sp³-hybridized carbons (Fsp3) is 0. The number of aromatic amines is 1. The average molecular weight is 222 g/mol. The summed E-state index contributed by atoms with van der Waals surface area (Å²) in [7, 11) is 0. The molecule has 0 amide bonds. The Hall–Kier alpha value is -2.64. The first-order chi connectivity index (χ1) is 7.59. The number of hydrogen-bond donors (Lipinski definition) is 3. The minimum atomic E-state index is -1.19. The van der Waals surface area contributed by atoms with E-state index < -0.39 is 11.9 Å². The van der Waals surface area contributed by atoms with E-state index in [4.69, 9.17) is 10.2 Å². The van der Waals surface area contributed by atoms with E-state index in [0.29, 0.717) is 0 Å². The molecule has 0 aliphatic carbocycles. The Morgan fingerprint density at radius 3 is 2.62 bits per heavy atom. The zero-order valence-corrected chi connectivity index (χ0v) is 7.78. The summed E-state index contributed by atoms with van der Waals surface area (Å²) in [5, 5.41) is 27.0. The predicted octanol–water partition coefficient (Wildman–Crippen LogP) is -0.00820. The maximum atomic E-state index is 10.8. The van der Waals surface area contributed by atoms with Gasteiger partial charge in [-0.2, -0.15) is 10.2 Å². The number of rotatable bonds is 3. The Morgan fingerprint density at radius 1 is 1.31 bits per heavy atom. The number of H-pyrrole nitrogens is 1. The van der Waals surface area contributed by atoms with Crippen molar-refractivity contribution in [3.05, 3.63) is 29.8 Å². The normalized spacial score (nSPS) is 10.2. The number of aromatic nitrogens is 4. The van der Waals surface area contributed by atoms with E-state index in [9.17, 15) is 9.59 Å². The van der Waals surface area contributed by atoms with E-state index in [1.54, 1.807) is 0 Å². The molecular formula is C8H6N4O4. The SMILES string of the molecule is O=C(O)c1ccn(-c2cn[nH]c2C(=O)O)n1. The molecule has 0 saturated heterocycles. The molecule has 0 atom stereocenters. The minimum Gasteiger partial charge on any atom is -0.476 e. The molecule has 8 heteroatoms. The number of hydrogen-bond acceptors (Lipinski definition) is 4. The van der Waals surface area contributed by atoms with Gasteiger partial charge in [0.1, 0.15) is 5.69 Å². The molecule has 0 radical (unpaired) electrons. The van der Waals surface area contributed by atoms with Crippen LogP contribution in [0.2, 0.25) is 0 Å². The summed E-state index contributed by atoms with van der Waals surface area (Å²) in [6, 6.07) is 1.26. The van der Waals surface area contributed by atoms with Crippen molar-refractivity contribution in [3.8, 4) is 5.69 Å². The zero-order chi connectivity index (χ0) is 11.7. The van der Waals surface area contributed by atoms with Crippen molar-refractivity contribution in [2.75, 3.05) is 0 Å². The Kier molecular flexibility index (Phi) is 2.16. The number of carbonyl (C=O) groups is 2. The van der Waals surface area contributed by atoms with Gasteiger partial charge in [0.2, 0.25) is 0 Å². The zero-order valence-electron chi connectivity index (χ0n) is 7.78. The molecule has 0 unspecified atom stereocenters. The second kappa shape index (κ2) is 3.50. The highest BCUT2D eigenvalue weighted by Crippen LogP contribution is 2.11. The van der Waals surface area contributed by atoms with Gasteiger partial charge < -0.3 is 10.2 Å². The second-order valence-electron chi connectivity index (χ2n) is 2.89. The maximum absolute atomic E-state index is 10.8. The van der Waals surface area contributed by atoms with Crippen LogP contribution < -0.4 is 0 Å². The lowest BCUT2D eigenvalue weighted by atomic mass is 10.4. The van der Waals surface area contributed by atoms with Crippen molar-refractivity contribution in [3.63, 3.8) is 0 Å². The van der Waals surface area contributed by atoms with Gasteiger partial charge in [-0.05, 0) is 6.07 Å². The second-order valence-corrected chi connectivity index (χ2v) is 2.89. The van der Waals surface area contributed by atoms with Crippen molar-refractivity contribution in [1.82, 2.24) is 20.0 Å². The fourth-order valence-electron chi connectivity index (χ4n) is 1.18. The first kappa shape index (κ1) is 9.90. The molecule has 2 heterocycles. The van der Waals surface area contributed by atoms with Crippen LogP contribution in [0.15, 0.2) is 18.5 Å². The quantitative estimate of drug-likeness (QED) is 0.671. The van der Waals surface area contributed by atoms with E-state index in [0.717, 1.165) is 4.68 Å². The molecule has 0 spiro atoms. The topological polar surface area (TPSA) is 121 Å². The molecule has 3 N–H and O–H groups in total. The third-order valence-electron chi connectivity index (χ3n) is 1.89. The molecular weight excluding hydrogens is 216 g/mol. The number of nitrogens with zero attached hydrogens (tertiary/aromatic N) is 3. The lowest BCUT2D eigenvalue weighted by Gasteiger charge is -1.97. The van der Waals surface area contributed by atoms with Crippen molar-refractivity contribution in [2.45, 2.75) is 0 Å². The van der Waals surface area contributed by atoms with Crippen LogP contribution >= 0.6 is 0 Å². The van der Waals surface area contributed by atoms with Crippen molar-refractivity contribution in [1.29, 1.82) is 0 Å². The van der Waals surface area contributed by atoms with Gasteiger partial charge in [-0.15, -0.1) is 0 Å². The molecule has 82 valence electrons. The largest absolute Gasteiger partial charge is 0.476 e.